The van der Waals surface area contributed by atoms with Crippen molar-refractivity contribution in [2.75, 3.05) is 19.6 Å². The molecule has 1 heterocycles. The molecule has 108 valence electrons. The first-order valence-corrected chi connectivity index (χ1v) is 6.43. The molecule has 7 heteroatoms. The van der Waals surface area contributed by atoms with Crippen LogP contribution in [0.4, 0.5) is 8.78 Å². The Balaban J connectivity index is 1.66. The average Bonchev–Trinajstić information content (AvgIpc) is 2.28. The van der Waals surface area contributed by atoms with Crippen molar-refractivity contribution in [3.63, 3.8) is 0 Å². The van der Waals surface area contributed by atoms with Gasteiger partial charge in [0.1, 0.15) is 6.04 Å². The lowest BCUT2D eigenvalue weighted by Gasteiger charge is -2.60. The second-order valence-corrected chi connectivity index (χ2v) is 5.51. The van der Waals surface area contributed by atoms with Crippen molar-refractivity contribution in [3.05, 3.63) is 0 Å². The van der Waals surface area contributed by atoms with Crippen molar-refractivity contribution in [3.8, 4) is 0 Å². The number of hydrogen-bond donors (Lipinski definition) is 2. The summed E-state index contributed by atoms with van der Waals surface area (Å²) in [5, 5.41) is 11.0. The third-order valence-electron chi connectivity index (χ3n) is 4.28. The Morgan fingerprint density at radius 3 is 2.53 bits per heavy atom. The number of hydrogen-bond acceptors (Lipinski definition) is 3. The van der Waals surface area contributed by atoms with Gasteiger partial charge in [0.05, 0.1) is 5.41 Å². The molecule has 1 unspecified atom stereocenters. The van der Waals surface area contributed by atoms with Gasteiger partial charge in [-0.25, -0.2) is 13.6 Å². The van der Waals surface area contributed by atoms with Crippen molar-refractivity contribution in [2.24, 2.45) is 5.41 Å². The Hall–Kier alpha value is -1.24. The topological polar surface area (TPSA) is 69.6 Å². The van der Waals surface area contributed by atoms with Crippen molar-refractivity contribution >= 4 is 12.4 Å². The van der Waals surface area contributed by atoms with Gasteiger partial charge < -0.3 is 15.3 Å². The number of amides is 1. The number of carbonyl (C=O) groups excluding carboxylic acids is 1. The first-order chi connectivity index (χ1) is 8.90. The van der Waals surface area contributed by atoms with Gasteiger partial charge in [-0.05, 0) is 25.8 Å². The maximum absolute atomic E-state index is 13.3. The van der Waals surface area contributed by atoms with Gasteiger partial charge in [-0.2, -0.15) is 0 Å². The minimum absolute atomic E-state index is 0.00875. The summed E-state index contributed by atoms with van der Waals surface area (Å²) in [6.45, 7) is 1.40. The van der Waals surface area contributed by atoms with E-state index in [4.69, 9.17) is 5.11 Å². The lowest BCUT2D eigenvalue weighted by molar-refractivity contribution is -0.258. The molecule has 0 aromatic carbocycles. The Labute approximate surface area is 109 Å². The Kier molecular flexibility index (Phi) is 3.75. The Morgan fingerprint density at radius 2 is 2.11 bits per heavy atom. The van der Waals surface area contributed by atoms with Gasteiger partial charge in [-0.15, -0.1) is 0 Å². The number of likely N-dealkylation sites (tertiary alicyclic amines) is 1. The number of rotatable bonds is 7. The number of carboxylic acids is 1. The molecule has 0 aromatic rings. The largest absolute Gasteiger partial charge is 0.480 e. The summed E-state index contributed by atoms with van der Waals surface area (Å²) in [6.07, 6.45) is 1.83. The first-order valence-electron chi connectivity index (χ1n) is 6.43. The highest BCUT2D eigenvalue weighted by Crippen LogP contribution is 2.58. The quantitative estimate of drug-likeness (QED) is 0.671. The van der Waals surface area contributed by atoms with Gasteiger partial charge in [0.25, 0.3) is 5.92 Å². The second-order valence-electron chi connectivity index (χ2n) is 5.51. The van der Waals surface area contributed by atoms with Gasteiger partial charge in [0.2, 0.25) is 6.41 Å². The van der Waals surface area contributed by atoms with E-state index >= 15 is 0 Å². The fourth-order valence-corrected chi connectivity index (χ4v) is 2.90. The molecule has 2 aliphatic rings. The van der Waals surface area contributed by atoms with E-state index in [1.165, 1.54) is 0 Å². The molecule has 0 aromatic heterocycles. The van der Waals surface area contributed by atoms with Crippen LogP contribution in [-0.2, 0) is 9.59 Å². The minimum Gasteiger partial charge on any atom is -0.480 e. The van der Waals surface area contributed by atoms with Crippen molar-refractivity contribution < 1.29 is 23.5 Å². The maximum atomic E-state index is 13.3. The zero-order chi connectivity index (χ0) is 14.1. The first kappa shape index (κ1) is 14.2. The summed E-state index contributed by atoms with van der Waals surface area (Å²) < 4.78 is 26.6. The molecule has 1 spiro atoms. The molecule has 0 radical (unpaired) electrons. The predicted octanol–water partition coefficient (Wildman–Crippen LogP) is 0.697. The molecule has 2 N–H and O–H groups in total. The fraction of sp³-hybridized carbons (Fsp3) is 0.833. The number of carboxylic acid groups (broad SMARTS) is 1. The summed E-state index contributed by atoms with van der Waals surface area (Å²) in [7, 11) is 0. The smallest absolute Gasteiger partial charge is 0.326 e. The summed E-state index contributed by atoms with van der Waals surface area (Å²) >= 11 is 0. The van der Waals surface area contributed by atoms with Crippen LogP contribution in [0.2, 0.25) is 0 Å². The number of nitrogens with zero attached hydrogens (tertiary/aromatic N) is 1. The average molecular weight is 276 g/mol. The van der Waals surface area contributed by atoms with E-state index in [2.05, 4.69) is 5.32 Å². The summed E-state index contributed by atoms with van der Waals surface area (Å²) in [5.41, 5.74) is -0.805. The Bertz CT molecular complexity index is 370. The van der Waals surface area contributed by atoms with Crippen LogP contribution in [0.3, 0.4) is 0 Å². The van der Waals surface area contributed by atoms with Crippen molar-refractivity contribution in [2.45, 2.75) is 37.6 Å². The molecule has 0 bridgehead atoms. The third kappa shape index (κ3) is 2.56. The molecule has 1 atom stereocenters. The van der Waals surface area contributed by atoms with Crippen molar-refractivity contribution in [1.82, 2.24) is 10.2 Å². The summed E-state index contributed by atoms with van der Waals surface area (Å²) in [4.78, 5) is 22.9. The van der Waals surface area contributed by atoms with E-state index in [0.717, 1.165) is 0 Å². The fourth-order valence-electron chi connectivity index (χ4n) is 2.90. The predicted molar refractivity (Wildman–Crippen MR) is 62.9 cm³/mol. The molecular formula is C12H18F2N2O3. The standard InChI is InChI=1S/C12H18F2N2O3/c13-12(14)4-3-11(12)6-16(7-11)5-1-2-9(10(18)19)15-8-17/h8-9H,1-7H2,(H,15,17)(H,18,19). The van der Waals surface area contributed by atoms with Gasteiger partial charge in [-0.3, -0.25) is 4.79 Å². The lowest BCUT2D eigenvalue weighted by atomic mass is 9.60. The molecule has 19 heavy (non-hydrogen) atoms. The van der Waals surface area contributed by atoms with Crippen LogP contribution in [0.5, 0.6) is 0 Å². The third-order valence-corrected chi connectivity index (χ3v) is 4.28. The molecule has 1 saturated heterocycles. The van der Waals surface area contributed by atoms with Crippen LogP contribution in [0.25, 0.3) is 0 Å². The number of alkyl halides is 2. The molecule has 1 aliphatic carbocycles. The van der Waals surface area contributed by atoms with Crippen molar-refractivity contribution in [1.29, 1.82) is 0 Å². The van der Waals surface area contributed by atoms with Gasteiger partial charge in [-0.1, -0.05) is 0 Å². The van der Waals surface area contributed by atoms with Crippen LogP contribution in [-0.4, -0.2) is 54.0 Å². The SMILES string of the molecule is O=CNC(CCCN1CC2(CCC2(F)F)C1)C(=O)O. The molecule has 1 saturated carbocycles. The number of nitrogens with one attached hydrogen (secondary N) is 1. The highest BCUT2D eigenvalue weighted by Gasteiger charge is 2.66. The van der Waals surface area contributed by atoms with E-state index in [0.29, 0.717) is 45.3 Å². The molecule has 2 rings (SSSR count). The second kappa shape index (κ2) is 5.03. The molecule has 1 aliphatic heterocycles. The van der Waals surface area contributed by atoms with Crippen LogP contribution < -0.4 is 5.32 Å². The molecule has 5 nitrogen and oxygen atoms in total. The maximum Gasteiger partial charge on any atom is 0.326 e. The summed E-state index contributed by atoms with van der Waals surface area (Å²) in [5.74, 6) is -3.59. The van der Waals surface area contributed by atoms with Gasteiger partial charge in [0.15, 0.2) is 0 Å². The van der Waals surface area contributed by atoms with Crippen LogP contribution in [0.15, 0.2) is 0 Å². The molecule has 1 amide bonds. The van der Waals surface area contributed by atoms with Gasteiger partial charge >= 0.3 is 5.97 Å². The van der Waals surface area contributed by atoms with E-state index in [-0.39, 0.29) is 6.42 Å². The highest BCUT2D eigenvalue weighted by atomic mass is 19.3. The highest BCUT2D eigenvalue weighted by molar-refractivity contribution is 5.76. The zero-order valence-corrected chi connectivity index (χ0v) is 10.6. The van der Waals surface area contributed by atoms with E-state index in [9.17, 15) is 18.4 Å². The summed E-state index contributed by atoms with van der Waals surface area (Å²) in [6, 6.07) is -0.891. The van der Waals surface area contributed by atoms with Crippen LogP contribution in [0, 0.1) is 5.41 Å². The molecular weight excluding hydrogens is 258 g/mol. The zero-order valence-electron chi connectivity index (χ0n) is 10.6. The van der Waals surface area contributed by atoms with Crippen LogP contribution in [0.1, 0.15) is 25.7 Å². The number of aliphatic carboxylic acids is 1. The van der Waals surface area contributed by atoms with Crippen LogP contribution >= 0.6 is 0 Å². The lowest BCUT2D eigenvalue weighted by Crippen LogP contribution is -2.69. The van der Waals surface area contributed by atoms with E-state index in [1.54, 1.807) is 0 Å². The van der Waals surface area contributed by atoms with E-state index < -0.39 is 23.3 Å². The van der Waals surface area contributed by atoms with E-state index in [1.807, 2.05) is 4.90 Å². The normalized spacial score (nSPS) is 25.2. The van der Waals surface area contributed by atoms with Gasteiger partial charge in [0, 0.05) is 19.5 Å². The Morgan fingerprint density at radius 1 is 1.42 bits per heavy atom. The number of carbonyl (C=O) groups is 2. The number of halogens is 2. The minimum atomic E-state index is -2.52. The monoisotopic (exact) mass is 276 g/mol. The molecule has 2 fully saturated rings.